The van der Waals surface area contributed by atoms with E-state index in [1.54, 1.807) is 0 Å². The molecule has 2 fully saturated rings. The number of nitrogens with one attached hydrogen (secondary N) is 1. The van der Waals surface area contributed by atoms with Gasteiger partial charge in [-0.15, -0.1) is 0 Å². The Labute approximate surface area is 202 Å². The van der Waals surface area contributed by atoms with Crippen molar-refractivity contribution in [3.63, 3.8) is 0 Å². The fourth-order valence-electron chi connectivity index (χ4n) is 4.08. The molecule has 2 heterocycles. The molecule has 4 rings (SSSR count). The molecule has 1 aromatic carbocycles. The highest BCUT2D eigenvalue weighted by Crippen LogP contribution is 2.38. The van der Waals surface area contributed by atoms with Crippen molar-refractivity contribution in [1.29, 1.82) is 0 Å². The number of hydrogen-bond acceptors (Lipinski definition) is 6. The number of benzene rings is 1. The second kappa shape index (κ2) is 9.83. The van der Waals surface area contributed by atoms with Crippen molar-refractivity contribution >= 4 is 17.6 Å². The lowest BCUT2D eigenvalue weighted by Crippen LogP contribution is -2.53. The van der Waals surface area contributed by atoms with E-state index in [0.717, 1.165) is 12.1 Å². The number of carbonyl (C=O) groups is 1. The van der Waals surface area contributed by atoms with E-state index in [4.69, 9.17) is 13.9 Å². The number of ether oxygens (including phenoxy) is 2. The number of hydrogen-bond donors (Lipinski definition) is 1. The highest BCUT2D eigenvalue weighted by Gasteiger charge is 2.46. The first kappa shape index (κ1) is 26.1. The molecule has 1 aromatic heterocycles. The van der Waals surface area contributed by atoms with Gasteiger partial charge in [0.1, 0.15) is 12.2 Å². The lowest BCUT2D eigenvalue weighted by atomic mass is 10.2. The van der Waals surface area contributed by atoms with Crippen LogP contribution in [0.25, 0.3) is 0 Å². The number of amides is 1. The predicted octanol–water partition coefficient (Wildman–Crippen LogP) is 5.35. The smallest absolute Gasteiger partial charge is 0.396 e. The fraction of sp³-hybridized carbons (Fsp3) is 0.565. The maximum atomic E-state index is 14.5. The number of halogens is 6. The summed E-state index contributed by atoms with van der Waals surface area (Å²) in [5, 5.41) is 2.27. The quantitative estimate of drug-likeness (QED) is 0.472. The normalized spacial score (nSPS) is 20.0. The van der Waals surface area contributed by atoms with Crippen LogP contribution in [0.15, 0.2) is 22.6 Å². The maximum Gasteiger partial charge on any atom is 0.396 e. The predicted molar refractivity (Wildman–Crippen MR) is 116 cm³/mol. The van der Waals surface area contributed by atoms with Gasteiger partial charge in [0, 0.05) is 18.2 Å². The fourth-order valence-corrected chi connectivity index (χ4v) is 4.08. The van der Waals surface area contributed by atoms with Crippen LogP contribution in [0.2, 0.25) is 0 Å². The van der Waals surface area contributed by atoms with Crippen molar-refractivity contribution in [2.45, 2.75) is 69.9 Å². The van der Waals surface area contributed by atoms with Crippen LogP contribution < -0.4 is 15.0 Å². The summed E-state index contributed by atoms with van der Waals surface area (Å²) in [7, 11) is 0. The van der Waals surface area contributed by atoms with Crippen LogP contribution in [0.3, 0.4) is 0 Å². The monoisotopic (exact) mass is 521 g/mol. The first-order valence-corrected chi connectivity index (χ1v) is 11.4. The maximum absolute atomic E-state index is 14.5. The van der Waals surface area contributed by atoms with Crippen molar-refractivity contribution < 1.29 is 45.0 Å². The third-order valence-electron chi connectivity index (χ3n) is 5.75. The SMILES string of the molecule is CC(C)OC1CN(c2nc(C(=O)Nc3ccc(OC4CCCC4(F)F)c(F)c3)c(CC(F)(F)F)o2)C1. The summed E-state index contributed by atoms with van der Waals surface area (Å²) in [6.07, 6.45) is -7.87. The Morgan fingerprint density at radius 1 is 1.31 bits per heavy atom. The molecular formula is C23H25F6N3O4. The second-order valence-corrected chi connectivity index (χ2v) is 9.13. The van der Waals surface area contributed by atoms with Gasteiger partial charge < -0.3 is 24.1 Å². The van der Waals surface area contributed by atoms with E-state index < -0.39 is 53.6 Å². The van der Waals surface area contributed by atoms with E-state index in [1.165, 1.54) is 11.0 Å². The Hall–Kier alpha value is -2.96. The van der Waals surface area contributed by atoms with E-state index in [-0.39, 0.29) is 43.2 Å². The van der Waals surface area contributed by atoms with E-state index in [2.05, 4.69) is 10.3 Å². The number of oxazole rings is 1. The largest absolute Gasteiger partial charge is 0.481 e. The molecule has 2 aromatic rings. The summed E-state index contributed by atoms with van der Waals surface area (Å²) >= 11 is 0. The molecule has 1 unspecified atom stereocenters. The first-order valence-electron chi connectivity index (χ1n) is 11.4. The van der Waals surface area contributed by atoms with Gasteiger partial charge in [0.2, 0.25) is 0 Å². The molecule has 1 saturated carbocycles. The molecule has 198 valence electrons. The molecule has 13 heteroatoms. The zero-order valence-corrected chi connectivity index (χ0v) is 19.5. The minimum absolute atomic E-state index is 0.0318. The number of carbonyl (C=O) groups excluding carboxylic acids is 1. The molecule has 0 radical (unpaired) electrons. The molecule has 1 aliphatic carbocycles. The van der Waals surface area contributed by atoms with Crippen LogP contribution in [0.4, 0.5) is 38.0 Å². The molecule has 0 spiro atoms. The average Bonchev–Trinajstić information content (AvgIpc) is 3.27. The molecule has 36 heavy (non-hydrogen) atoms. The molecule has 1 saturated heterocycles. The Morgan fingerprint density at radius 3 is 2.61 bits per heavy atom. The van der Waals surface area contributed by atoms with Gasteiger partial charge in [-0.1, -0.05) is 0 Å². The Bertz CT molecular complexity index is 1100. The molecule has 7 nitrogen and oxygen atoms in total. The summed E-state index contributed by atoms with van der Waals surface area (Å²) in [5.41, 5.74) is -0.721. The number of anilines is 2. The highest BCUT2D eigenvalue weighted by atomic mass is 19.4. The zero-order chi connectivity index (χ0) is 26.3. The third-order valence-corrected chi connectivity index (χ3v) is 5.75. The Morgan fingerprint density at radius 2 is 2.03 bits per heavy atom. The minimum atomic E-state index is -4.67. The van der Waals surface area contributed by atoms with Gasteiger partial charge in [0.05, 0.1) is 25.3 Å². The second-order valence-electron chi connectivity index (χ2n) is 9.13. The summed E-state index contributed by atoms with van der Waals surface area (Å²) < 4.78 is 97.2. The Balaban J connectivity index is 1.47. The number of aromatic nitrogens is 1. The zero-order valence-electron chi connectivity index (χ0n) is 19.5. The third kappa shape index (κ3) is 6.05. The van der Waals surface area contributed by atoms with Crippen molar-refractivity contribution in [3.8, 4) is 5.75 Å². The van der Waals surface area contributed by atoms with Crippen LogP contribution in [0.1, 0.15) is 49.4 Å². The van der Waals surface area contributed by atoms with Gasteiger partial charge in [-0.2, -0.15) is 18.2 Å². The highest BCUT2D eigenvalue weighted by molar-refractivity contribution is 6.03. The molecule has 0 bridgehead atoms. The van der Waals surface area contributed by atoms with Crippen molar-refractivity contribution in [2.24, 2.45) is 0 Å². The van der Waals surface area contributed by atoms with Crippen molar-refractivity contribution in [3.05, 3.63) is 35.5 Å². The lowest BCUT2D eigenvalue weighted by Gasteiger charge is -2.38. The van der Waals surface area contributed by atoms with Crippen LogP contribution in [0.5, 0.6) is 5.75 Å². The number of nitrogens with zero attached hydrogens (tertiary/aromatic N) is 2. The van der Waals surface area contributed by atoms with Crippen LogP contribution in [0, 0.1) is 5.82 Å². The van der Waals surface area contributed by atoms with E-state index in [1.807, 2.05) is 13.8 Å². The summed E-state index contributed by atoms with van der Waals surface area (Å²) in [6.45, 7) is 4.36. The molecule has 1 N–H and O–H groups in total. The summed E-state index contributed by atoms with van der Waals surface area (Å²) in [6, 6.07) is 2.93. The van der Waals surface area contributed by atoms with Crippen molar-refractivity contribution in [1.82, 2.24) is 4.98 Å². The topological polar surface area (TPSA) is 76.8 Å². The van der Waals surface area contributed by atoms with E-state index in [9.17, 15) is 31.1 Å². The molecule has 1 atom stereocenters. The number of rotatable bonds is 8. The van der Waals surface area contributed by atoms with Crippen LogP contribution in [-0.4, -0.2) is 54.4 Å². The molecular weight excluding hydrogens is 496 g/mol. The van der Waals surface area contributed by atoms with Crippen LogP contribution >= 0.6 is 0 Å². The summed E-state index contributed by atoms with van der Waals surface area (Å²) in [5.74, 6) is -6.24. The van der Waals surface area contributed by atoms with Gasteiger partial charge >= 0.3 is 6.18 Å². The minimum Gasteiger partial charge on any atom is -0.481 e. The summed E-state index contributed by atoms with van der Waals surface area (Å²) in [4.78, 5) is 18.2. The van der Waals surface area contributed by atoms with Gasteiger partial charge in [-0.05, 0) is 38.8 Å². The standard InChI is InChI=1S/C23H25F6N3O4/c1-12(2)34-14-10-32(11-14)21-31-19(17(36-21)9-23(27,28)29)20(33)30-13-5-6-16(15(24)8-13)35-18-4-3-7-22(18,25)26/h5-6,8,12,14,18H,3-4,7,9-11H2,1-2H3,(H,30,33). The van der Waals surface area contributed by atoms with Gasteiger partial charge in [-0.25, -0.2) is 13.2 Å². The van der Waals surface area contributed by atoms with E-state index >= 15 is 0 Å². The van der Waals surface area contributed by atoms with Crippen LogP contribution in [-0.2, 0) is 11.2 Å². The lowest BCUT2D eigenvalue weighted by molar-refractivity contribution is -0.130. The Kier molecular flexibility index (Phi) is 7.13. The first-order chi connectivity index (χ1) is 16.8. The van der Waals surface area contributed by atoms with Gasteiger partial charge in [-0.3, -0.25) is 4.79 Å². The van der Waals surface area contributed by atoms with E-state index in [0.29, 0.717) is 13.1 Å². The molecule has 2 aliphatic rings. The number of alkyl halides is 5. The van der Waals surface area contributed by atoms with Gasteiger partial charge in [0.25, 0.3) is 17.8 Å². The average molecular weight is 521 g/mol. The molecule has 1 amide bonds. The molecule has 1 aliphatic heterocycles. The van der Waals surface area contributed by atoms with Crippen molar-refractivity contribution in [2.75, 3.05) is 23.3 Å². The van der Waals surface area contributed by atoms with Gasteiger partial charge in [0.15, 0.2) is 23.4 Å².